The summed E-state index contributed by atoms with van der Waals surface area (Å²) in [5.41, 5.74) is 2.39. The minimum atomic E-state index is 0.0409. The van der Waals surface area contributed by atoms with E-state index in [2.05, 4.69) is 0 Å². The summed E-state index contributed by atoms with van der Waals surface area (Å²) in [5.74, 6) is 1.84. The first-order valence-electron chi connectivity index (χ1n) is 10.0. The molecule has 5 rings (SSSR count). The van der Waals surface area contributed by atoms with Crippen LogP contribution >= 0.6 is 11.8 Å². The number of para-hydroxylation sites is 1. The summed E-state index contributed by atoms with van der Waals surface area (Å²) in [4.78, 5) is 36.1. The highest BCUT2D eigenvalue weighted by Crippen LogP contribution is 2.40. The van der Waals surface area contributed by atoms with Gasteiger partial charge in [-0.15, -0.1) is 0 Å². The van der Waals surface area contributed by atoms with Crippen molar-refractivity contribution in [1.29, 1.82) is 0 Å². The van der Waals surface area contributed by atoms with Crippen molar-refractivity contribution in [2.75, 3.05) is 17.2 Å². The van der Waals surface area contributed by atoms with Gasteiger partial charge >= 0.3 is 0 Å². The maximum atomic E-state index is 12.9. The average molecular weight is 404 g/mol. The second kappa shape index (κ2) is 7.59. The Kier molecular flexibility index (Phi) is 4.79. The third-order valence-corrected chi connectivity index (χ3v) is 6.41. The highest BCUT2D eigenvalue weighted by Gasteiger charge is 2.28. The number of amides is 1. The first-order chi connectivity index (χ1) is 14.2. The number of Topliss-reactive ketones (excluding diaryl/α,β-unsaturated/α-hetero) is 1. The van der Waals surface area contributed by atoms with E-state index in [1.807, 2.05) is 48.5 Å². The summed E-state index contributed by atoms with van der Waals surface area (Å²) in [7, 11) is 0. The normalized spacial score (nSPS) is 16.6. The number of aromatic nitrogens is 2. The predicted molar refractivity (Wildman–Crippen MR) is 115 cm³/mol. The standard InChI is InChI=1S/C23H21N3O2S/c27-20(16-5-3-6-17(13-16)26-12-4-9-21(26)28)14-29-23-18-7-1-2-8-19(18)24-22(25-23)15-10-11-15/h1-3,5-8,13,15H,4,9-12,14H2. The summed E-state index contributed by atoms with van der Waals surface area (Å²) in [6, 6.07) is 15.4. The number of carbonyl (C=O) groups excluding carboxylic acids is 2. The van der Waals surface area contributed by atoms with Crippen LogP contribution in [0.2, 0.25) is 0 Å². The van der Waals surface area contributed by atoms with E-state index < -0.39 is 0 Å². The molecule has 2 aromatic carbocycles. The second-order valence-corrected chi connectivity index (χ2v) is 8.55. The van der Waals surface area contributed by atoms with Crippen LogP contribution in [0.15, 0.2) is 53.6 Å². The van der Waals surface area contributed by atoms with Gasteiger partial charge < -0.3 is 4.90 Å². The number of hydrogen-bond acceptors (Lipinski definition) is 5. The van der Waals surface area contributed by atoms with Crippen LogP contribution in [0.3, 0.4) is 0 Å². The summed E-state index contributed by atoms with van der Waals surface area (Å²) in [6.45, 7) is 0.724. The van der Waals surface area contributed by atoms with Crippen molar-refractivity contribution in [3.05, 3.63) is 59.9 Å². The number of anilines is 1. The second-order valence-electron chi connectivity index (χ2n) is 7.59. The molecular formula is C23H21N3O2S. The Labute approximate surface area is 173 Å². The molecular weight excluding hydrogens is 382 g/mol. The van der Waals surface area contributed by atoms with Gasteiger partial charge in [-0.05, 0) is 37.5 Å². The number of thioether (sulfide) groups is 1. The van der Waals surface area contributed by atoms with Gasteiger partial charge in [0.05, 0.1) is 11.3 Å². The van der Waals surface area contributed by atoms with Gasteiger partial charge in [-0.1, -0.05) is 42.1 Å². The maximum Gasteiger partial charge on any atom is 0.227 e. The molecule has 2 fully saturated rings. The SMILES string of the molecule is O=C(CSc1nc(C2CC2)nc2ccccc12)c1cccc(N2CCCC2=O)c1. The third kappa shape index (κ3) is 3.77. The Balaban J connectivity index is 1.36. The molecule has 0 unspecified atom stereocenters. The molecule has 29 heavy (non-hydrogen) atoms. The summed E-state index contributed by atoms with van der Waals surface area (Å²) < 4.78 is 0. The van der Waals surface area contributed by atoms with E-state index in [0.29, 0.717) is 23.7 Å². The Morgan fingerprint density at radius 1 is 1.10 bits per heavy atom. The molecule has 5 nitrogen and oxygen atoms in total. The number of benzene rings is 2. The average Bonchev–Trinajstić information content (AvgIpc) is 3.52. The molecule has 0 spiro atoms. The molecule has 0 radical (unpaired) electrons. The van der Waals surface area contributed by atoms with Crippen LogP contribution in [0.5, 0.6) is 0 Å². The van der Waals surface area contributed by atoms with Crippen molar-refractivity contribution < 1.29 is 9.59 Å². The van der Waals surface area contributed by atoms with Gasteiger partial charge in [0, 0.05) is 35.5 Å². The van der Waals surface area contributed by atoms with Gasteiger partial charge in [0.25, 0.3) is 0 Å². The van der Waals surface area contributed by atoms with Crippen LogP contribution in [0.4, 0.5) is 5.69 Å². The maximum absolute atomic E-state index is 12.9. The summed E-state index contributed by atoms with van der Waals surface area (Å²) in [6.07, 6.45) is 3.74. The first-order valence-corrected chi connectivity index (χ1v) is 11.0. The number of nitrogens with zero attached hydrogens (tertiary/aromatic N) is 3. The van der Waals surface area contributed by atoms with E-state index >= 15 is 0 Å². The molecule has 0 N–H and O–H groups in total. The number of hydrogen-bond donors (Lipinski definition) is 0. The Hall–Kier alpha value is -2.73. The Morgan fingerprint density at radius 2 is 1.97 bits per heavy atom. The van der Waals surface area contributed by atoms with Gasteiger partial charge in [0.2, 0.25) is 5.91 Å². The van der Waals surface area contributed by atoms with Crippen LogP contribution in [0.25, 0.3) is 10.9 Å². The molecule has 1 amide bonds. The fourth-order valence-electron chi connectivity index (χ4n) is 3.68. The molecule has 1 saturated carbocycles. The molecule has 2 heterocycles. The van der Waals surface area contributed by atoms with Gasteiger partial charge in [0.15, 0.2) is 5.78 Å². The van der Waals surface area contributed by atoms with Crippen molar-refractivity contribution in [2.24, 2.45) is 0 Å². The molecule has 146 valence electrons. The minimum Gasteiger partial charge on any atom is -0.312 e. The van der Waals surface area contributed by atoms with Crippen LogP contribution in [-0.2, 0) is 4.79 Å². The van der Waals surface area contributed by atoms with Crippen molar-refractivity contribution in [3.8, 4) is 0 Å². The van der Waals surface area contributed by atoms with Gasteiger partial charge in [-0.3, -0.25) is 9.59 Å². The van der Waals surface area contributed by atoms with Gasteiger partial charge in [0.1, 0.15) is 10.9 Å². The third-order valence-electron chi connectivity index (χ3n) is 5.42. The van der Waals surface area contributed by atoms with Crippen molar-refractivity contribution in [2.45, 2.75) is 36.6 Å². The highest BCUT2D eigenvalue weighted by molar-refractivity contribution is 8.00. The lowest BCUT2D eigenvalue weighted by Gasteiger charge is -2.16. The molecule has 6 heteroatoms. The van der Waals surface area contributed by atoms with E-state index in [-0.39, 0.29) is 11.7 Å². The lowest BCUT2D eigenvalue weighted by atomic mass is 10.1. The van der Waals surface area contributed by atoms with Crippen LogP contribution in [0.1, 0.15) is 47.8 Å². The molecule has 1 aliphatic heterocycles. The molecule has 1 saturated heterocycles. The quantitative estimate of drug-likeness (QED) is 0.342. The van der Waals surface area contributed by atoms with Crippen LogP contribution < -0.4 is 4.90 Å². The highest BCUT2D eigenvalue weighted by atomic mass is 32.2. The van der Waals surface area contributed by atoms with E-state index in [0.717, 1.165) is 53.2 Å². The molecule has 2 aliphatic rings. The number of fused-ring (bicyclic) bond motifs is 1. The summed E-state index contributed by atoms with van der Waals surface area (Å²) in [5, 5.41) is 1.86. The topological polar surface area (TPSA) is 63.2 Å². The van der Waals surface area contributed by atoms with Crippen LogP contribution in [0, 0.1) is 0 Å². The smallest absolute Gasteiger partial charge is 0.227 e. The van der Waals surface area contributed by atoms with Crippen LogP contribution in [-0.4, -0.2) is 34.0 Å². The van der Waals surface area contributed by atoms with Crippen molar-refractivity contribution in [1.82, 2.24) is 9.97 Å². The number of carbonyl (C=O) groups is 2. The lowest BCUT2D eigenvalue weighted by molar-refractivity contribution is -0.117. The zero-order valence-electron chi connectivity index (χ0n) is 16.0. The zero-order chi connectivity index (χ0) is 19.8. The lowest BCUT2D eigenvalue weighted by Crippen LogP contribution is -2.23. The monoisotopic (exact) mass is 403 g/mol. The molecule has 3 aromatic rings. The predicted octanol–water partition coefficient (Wildman–Crippen LogP) is 4.61. The minimum absolute atomic E-state index is 0.0409. The fraction of sp³-hybridized carbons (Fsp3) is 0.304. The number of rotatable bonds is 6. The Morgan fingerprint density at radius 3 is 2.76 bits per heavy atom. The molecule has 0 bridgehead atoms. The largest absolute Gasteiger partial charge is 0.312 e. The fourth-order valence-corrected chi connectivity index (χ4v) is 4.61. The van der Waals surface area contributed by atoms with Gasteiger partial charge in [-0.2, -0.15) is 0 Å². The zero-order valence-corrected chi connectivity index (χ0v) is 16.8. The summed E-state index contributed by atoms with van der Waals surface area (Å²) >= 11 is 1.47. The van der Waals surface area contributed by atoms with Gasteiger partial charge in [-0.25, -0.2) is 9.97 Å². The first kappa shape index (κ1) is 18.3. The molecule has 0 atom stereocenters. The van der Waals surface area contributed by atoms with E-state index in [9.17, 15) is 9.59 Å². The van der Waals surface area contributed by atoms with E-state index in [1.165, 1.54) is 11.8 Å². The molecule has 1 aromatic heterocycles. The van der Waals surface area contributed by atoms with Crippen molar-refractivity contribution in [3.63, 3.8) is 0 Å². The van der Waals surface area contributed by atoms with E-state index in [4.69, 9.17) is 9.97 Å². The Bertz CT molecular complexity index is 1110. The van der Waals surface area contributed by atoms with Crippen molar-refractivity contribution >= 4 is 40.0 Å². The number of ketones is 1. The molecule has 1 aliphatic carbocycles. The van der Waals surface area contributed by atoms with E-state index in [1.54, 1.807) is 4.90 Å².